The Morgan fingerprint density at radius 2 is 2.36 bits per heavy atom. The number of rotatable bonds is 2. The molecule has 1 atom stereocenters. The monoisotopic (exact) mass is 155 g/mol. The van der Waals surface area contributed by atoms with Gasteiger partial charge >= 0.3 is 6.03 Å². The van der Waals surface area contributed by atoms with Crippen molar-refractivity contribution in [2.75, 3.05) is 20.6 Å². The smallest absolute Gasteiger partial charge is 0.316 e. The molecule has 0 rings (SSSR count). The molecule has 4 nitrogen and oxygen atoms in total. The summed E-state index contributed by atoms with van der Waals surface area (Å²) in [6.45, 7) is 2.25. The highest BCUT2D eigenvalue weighted by Crippen LogP contribution is 1.95. The van der Waals surface area contributed by atoms with Gasteiger partial charge < -0.3 is 10.2 Å². The van der Waals surface area contributed by atoms with E-state index in [-0.39, 0.29) is 11.9 Å². The van der Waals surface area contributed by atoms with E-state index in [1.165, 1.54) is 4.90 Å². The molecular weight excluding hydrogens is 142 g/mol. The molecule has 0 aromatic carbocycles. The van der Waals surface area contributed by atoms with Crippen LogP contribution in [0, 0.1) is 17.2 Å². The van der Waals surface area contributed by atoms with Gasteiger partial charge in [0.05, 0.1) is 12.0 Å². The van der Waals surface area contributed by atoms with Gasteiger partial charge in [0.2, 0.25) is 0 Å². The first-order valence-electron chi connectivity index (χ1n) is 3.44. The Balaban J connectivity index is 3.79. The van der Waals surface area contributed by atoms with Gasteiger partial charge in [0, 0.05) is 20.6 Å². The standard InChI is InChI=1S/C7H13N3O/c1-6(4-8)5-10(3)7(11)9-2/h6H,5H2,1-3H3,(H,9,11). The fourth-order valence-electron chi connectivity index (χ4n) is 0.725. The summed E-state index contributed by atoms with van der Waals surface area (Å²) in [6.07, 6.45) is 0. The van der Waals surface area contributed by atoms with Crippen molar-refractivity contribution in [2.45, 2.75) is 6.92 Å². The van der Waals surface area contributed by atoms with Crippen molar-refractivity contribution in [3.8, 4) is 6.07 Å². The van der Waals surface area contributed by atoms with Crippen LogP contribution >= 0.6 is 0 Å². The summed E-state index contributed by atoms with van der Waals surface area (Å²) in [5.41, 5.74) is 0. The number of nitrogens with one attached hydrogen (secondary N) is 1. The lowest BCUT2D eigenvalue weighted by molar-refractivity contribution is 0.208. The van der Waals surface area contributed by atoms with Crippen LogP contribution < -0.4 is 5.32 Å². The van der Waals surface area contributed by atoms with Crippen molar-refractivity contribution in [2.24, 2.45) is 5.92 Å². The lowest BCUT2D eigenvalue weighted by atomic mass is 10.2. The summed E-state index contributed by atoms with van der Waals surface area (Å²) in [5, 5.41) is 10.9. The Labute approximate surface area is 66.8 Å². The van der Waals surface area contributed by atoms with Gasteiger partial charge in [-0.25, -0.2) is 4.79 Å². The van der Waals surface area contributed by atoms with Crippen LogP contribution in [-0.2, 0) is 0 Å². The van der Waals surface area contributed by atoms with E-state index in [0.717, 1.165) is 0 Å². The summed E-state index contributed by atoms with van der Waals surface area (Å²) >= 11 is 0. The maximum absolute atomic E-state index is 10.9. The van der Waals surface area contributed by atoms with Crippen molar-refractivity contribution in [1.82, 2.24) is 10.2 Å². The van der Waals surface area contributed by atoms with Crippen LogP contribution in [0.5, 0.6) is 0 Å². The Hall–Kier alpha value is -1.24. The molecular formula is C7H13N3O. The number of carbonyl (C=O) groups is 1. The van der Waals surface area contributed by atoms with Crippen LogP contribution in [0.3, 0.4) is 0 Å². The van der Waals surface area contributed by atoms with Gasteiger partial charge in [0.25, 0.3) is 0 Å². The highest BCUT2D eigenvalue weighted by molar-refractivity contribution is 5.73. The van der Waals surface area contributed by atoms with Gasteiger partial charge in [-0.1, -0.05) is 0 Å². The van der Waals surface area contributed by atoms with E-state index in [1.54, 1.807) is 21.0 Å². The number of urea groups is 1. The summed E-state index contributed by atoms with van der Waals surface area (Å²) < 4.78 is 0. The highest BCUT2D eigenvalue weighted by Gasteiger charge is 2.08. The van der Waals surface area contributed by atoms with Crippen LogP contribution in [0.2, 0.25) is 0 Å². The number of nitrogens with zero attached hydrogens (tertiary/aromatic N) is 2. The van der Waals surface area contributed by atoms with Crippen molar-refractivity contribution in [3.63, 3.8) is 0 Å². The lowest BCUT2D eigenvalue weighted by Gasteiger charge is -2.16. The van der Waals surface area contributed by atoms with Gasteiger partial charge in [-0.3, -0.25) is 0 Å². The first-order chi connectivity index (χ1) is 5.11. The first kappa shape index (κ1) is 9.76. The van der Waals surface area contributed by atoms with E-state index in [0.29, 0.717) is 6.54 Å². The minimum Gasteiger partial charge on any atom is -0.341 e. The molecule has 0 aliphatic heterocycles. The predicted octanol–water partition coefficient (Wildman–Crippen LogP) is 0.417. The van der Waals surface area contributed by atoms with Gasteiger partial charge in [0.15, 0.2) is 0 Å². The average molecular weight is 155 g/mol. The molecule has 0 aromatic heterocycles. The van der Waals surface area contributed by atoms with Crippen LogP contribution in [0.15, 0.2) is 0 Å². The lowest BCUT2D eigenvalue weighted by Crippen LogP contribution is -2.37. The number of amides is 2. The van der Waals surface area contributed by atoms with E-state index in [2.05, 4.69) is 11.4 Å². The molecule has 62 valence electrons. The molecule has 0 aliphatic rings. The maximum Gasteiger partial charge on any atom is 0.316 e. The molecule has 0 heterocycles. The van der Waals surface area contributed by atoms with E-state index in [1.807, 2.05) is 0 Å². The normalized spacial score (nSPS) is 11.5. The topological polar surface area (TPSA) is 56.1 Å². The van der Waals surface area contributed by atoms with Crippen LogP contribution in [0.4, 0.5) is 4.79 Å². The van der Waals surface area contributed by atoms with Crippen LogP contribution in [-0.4, -0.2) is 31.6 Å². The van der Waals surface area contributed by atoms with E-state index in [9.17, 15) is 4.79 Å². The molecule has 2 amide bonds. The van der Waals surface area contributed by atoms with E-state index < -0.39 is 0 Å². The molecule has 1 N–H and O–H groups in total. The molecule has 4 heteroatoms. The predicted molar refractivity (Wildman–Crippen MR) is 41.9 cm³/mol. The molecule has 0 radical (unpaired) electrons. The minimum absolute atomic E-state index is 0.114. The van der Waals surface area contributed by atoms with Crippen LogP contribution in [0.25, 0.3) is 0 Å². The maximum atomic E-state index is 10.9. The van der Waals surface area contributed by atoms with Gasteiger partial charge in [-0.15, -0.1) is 0 Å². The number of carbonyl (C=O) groups excluding carboxylic acids is 1. The molecule has 0 bridgehead atoms. The Morgan fingerprint density at radius 1 is 1.82 bits per heavy atom. The van der Waals surface area contributed by atoms with Crippen molar-refractivity contribution < 1.29 is 4.79 Å². The second-order valence-corrected chi connectivity index (χ2v) is 2.47. The van der Waals surface area contributed by atoms with Gasteiger partial charge in [0.1, 0.15) is 0 Å². The van der Waals surface area contributed by atoms with Crippen molar-refractivity contribution in [3.05, 3.63) is 0 Å². The quantitative estimate of drug-likeness (QED) is 0.628. The second-order valence-electron chi connectivity index (χ2n) is 2.47. The van der Waals surface area contributed by atoms with Gasteiger partial charge in [-0.2, -0.15) is 5.26 Å². The molecule has 0 aliphatic carbocycles. The Morgan fingerprint density at radius 3 is 2.73 bits per heavy atom. The average Bonchev–Trinajstić information content (AvgIpc) is 2.02. The van der Waals surface area contributed by atoms with E-state index in [4.69, 9.17) is 5.26 Å². The Bertz CT molecular complexity index is 173. The summed E-state index contributed by atoms with van der Waals surface area (Å²) in [6, 6.07) is 1.89. The zero-order valence-corrected chi connectivity index (χ0v) is 7.09. The second kappa shape index (κ2) is 4.56. The number of hydrogen-bond acceptors (Lipinski definition) is 2. The highest BCUT2D eigenvalue weighted by atomic mass is 16.2. The van der Waals surface area contributed by atoms with Crippen molar-refractivity contribution >= 4 is 6.03 Å². The molecule has 0 spiro atoms. The summed E-state index contributed by atoms with van der Waals surface area (Å²) in [4.78, 5) is 12.3. The zero-order valence-electron chi connectivity index (χ0n) is 7.09. The first-order valence-corrected chi connectivity index (χ1v) is 3.44. The van der Waals surface area contributed by atoms with E-state index >= 15 is 0 Å². The SMILES string of the molecule is CNC(=O)N(C)CC(C)C#N. The molecule has 1 unspecified atom stereocenters. The molecule has 11 heavy (non-hydrogen) atoms. The third-order valence-corrected chi connectivity index (χ3v) is 1.33. The number of nitriles is 1. The molecule has 0 fully saturated rings. The Kier molecular flexibility index (Phi) is 4.04. The molecule has 0 saturated heterocycles. The van der Waals surface area contributed by atoms with Gasteiger partial charge in [-0.05, 0) is 6.92 Å². The summed E-state index contributed by atoms with van der Waals surface area (Å²) in [7, 11) is 3.22. The van der Waals surface area contributed by atoms with Crippen molar-refractivity contribution in [1.29, 1.82) is 5.26 Å². The minimum atomic E-state index is -0.160. The summed E-state index contributed by atoms with van der Waals surface area (Å²) in [5.74, 6) is -0.114. The van der Waals surface area contributed by atoms with Crippen LogP contribution in [0.1, 0.15) is 6.92 Å². The molecule has 0 saturated carbocycles. The third kappa shape index (κ3) is 3.46. The number of hydrogen-bond donors (Lipinski definition) is 1. The largest absolute Gasteiger partial charge is 0.341 e. The fourth-order valence-corrected chi connectivity index (χ4v) is 0.725. The zero-order chi connectivity index (χ0) is 8.85. The third-order valence-electron chi connectivity index (χ3n) is 1.33. The fraction of sp³-hybridized carbons (Fsp3) is 0.714. The molecule has 0 aromatic rings.